The number of aryl methyl sites for hydroxylation is 3. The van der Waals surface area contributed by atoms with Crippen LogP contribution in [0.4, 0.5) is 0 Å². The number of amides is 1. The van der Waals surface area contributed by atoms with Crippen LogP contribution in [0.5, 0.6) is 0 Å². The van der Waals surface area contributed by atoms with E-state index < -0.39 is 0 Å². The number of benzene rings is 1. The SMILES string of the molecule is Cc1ccc(CCC(=O)N2CCC(c3ccn(C)c(=O)c3)CC2)cc1. The maximum atomic E-state index is 12.5. The van der Waals surface area contributed by atoms with E-state index in [1.54, 1.807) is 17.7 Å². The fourth-order valence-electron chi connectivity index (χ4n) is 3.44. The van der Waals surface area contributed by atoms with Crippen molar-refractivity contribution in [2.45, 2.75) is 38.5 Å². The van der Waals surface area contributed by atoms with Gasteiger partial charge in [0.05, 0.1) is 0 Å². The largest absolute Gasteiger partial charge is 0.343 e. The molecule has 3 rings (SSSR count). The van der Waals surface area contributed by atoms with Crippen molar-refractivity contribution < 1.29 is 4.79 Å². The lowest BCUT2D eigenvalue weighted by Crippen LogP contribution is -2.38. The zero-order chi connectivity index (χ0) is 17.8. The van der Waals surface area contributed by atoms with E-state index in [1.807, 2.05) is 17.2 Å². The standard InChI is InChI=1S/C21H26N2O2/c1-16-3-5-17(6-4-16)7-8-20(24)23-13-10-18(11-14-23)19-9-12-22(2)21(25)15-19/h3-6,9,12,15,18H,7-8,10-11,13-14H2,1-2H3. The van der Waals surface area contributed by atoms with Crippen molar-refractivity contribution in [3.05, 3.63) is 69.6 Å². The highest BCUT2D eigenvalue weighted by atomic mass is 16.2. The Kier molecular flexibility index (Phi) is 5.37. The summed E-state index contributed by atoms with van der Waals surface area (Å²) in [5, 5.41) is 0. The summed E-state index contributed by atoms with van der Waals surface area (Å²) in [6.45, 7) is 3.64. The Morgan fingerprint density at radius 1 is 1.12 bits per heavy atom. The van der Waals surface area contributed by atoms with Crippen LogP contribution < -0.4 is 5.56 Å². The van der Waals surface area contributed by atoms with Crippen LogP contribution in [0.1, 0.15) is 41.9 Å². The molecule has 0 aliphatic carbocycles. The highest BCUT2D eigenvalue weighted by Crippen LogP contribution is 2.27. The van der Waals surface area contributed by atoms with Crippen LogP contribution in [0.15, 0.2) is 47.4 Å². The number of aromatic nitrogens is 1. The second-order valence-electron chi connectivity index (χ2n) is 7.05. The predicted molar refractivity (Wildman–Crippen MR) is 99.7 cm³/mol. The number of rotatable bonds is 4. The first-order valence-electron chi connectivity index (χ1n) is 9.03. The van der Waals surface area contributed by atoms with E-state index in [0.717, 1.165) is 37.9 Å². The van der Waals surface area contributed by atoms with E-state index in [1.165, 1.54) is 11.1 Å². The molecule has 1 saturated heterocycles. The van der Waals surface area contributed by atoms with Gasteiger partial charge < -0.3 is 9.47 Å². The highest BCUT2D eigenvalue weighted by Gasteiger charge is 2.23. The Morgan fingerprint density at radius 3 is 2.44 bits per heavy atom. The van der Waals surface area contributed by atoms with Gasteiger partial charge in [0.2, 0.25) is 5.91 Å². The third-order valence-electron chi connectivity index (χ3n) is 5.20. The van der Waals surface area contributed by atoms with Gasteiger partial charge in [-0.1, -0.05) is 29.8 Å². The van der Waals surface area contributed by atoms with Gasteiger partial charge in [0, 0.05) is 38.8 Å². The number of likely N-dealkylation sites (tertiary alicyclic amines) is 1. The molecule has 0 radical (unpaired) electrons. The van der Waals surface area contributed by atoms with Crippen LogP contribution in [0.25, 0.3) is 0 Å². The summed E-state index contributed by atoms with van der Waals surface area (Å²) in [6.07, 6.45) is 5.07. The Morgan fingerprint density at radius 2 is 1.80 bits per heavy atom. The van der Waals surface area contributed by atoms with Gasteiger partial charge in [-0.05, 0) is 49.3 Å². The lowest BCUT2D eigenvalue weighted by atomic mass is 9.90. The quantitative estimate of drug-likeness (QED) is 0.860. The number of piperidine rings is 1. The van der Waals surface area contributed by atoms with Gasteiger partial charge in [-0.25, -0.2) is 0 Å². The summed E-state index contributed by atoms with van der Waals surface area (Å²) in [7, 11) is 1.77. The molecule has 25 heavy (non-hydrogen) atoms. The molecular formula is C21H26N2O2. The zero-order valence-corrected chi connectivity index (χ0v) is 15.1. The highest BCUT2D eigenvalue weighted by molar-refractivity contribution is 5.76. The first-order chi connectivity index (χ1) is 12.0. The summed E-state index contributed by atoms with van der Waals surface area (Å²) in [6, 6.07) is 12.2. The minimum absolute atomic E-state index is 0.0362. The summed E-state index contributed by atoms with van der Waals surface area (Å²) in [5.74, 6) is 0.623. The van der Waals surface area contributed by atoms with Crippen LogP contribution in [0, 0.1) is 6.92 Å². The molecule has 2 heterocycles. The number of hydrogen-bond acceptors (Lipinski definition) is 2. The third kappa shape index (κ3) is 4.38. The van der Waals surface area contributed by atoms with Gasteiger partial charge in [-0.2, -0.15) is 0 Å². The topological polar surface area (TPSA) is 42.3 Å². The number of hydrogen-bond donors (Lipinski definition) is 0. The van der Waals surface area contributed by atoms with Crippen molar-refractivity contribution in [2.24, 2.45) is 7.05 Å². The smallest absolute Gasteiger partial charge is 0.250 e. The molecule has 1 fully saturated rings. The predicted octanol–water partition coefficient (Wildman–Crippen LogP) is 3.03. The van der Waals surface area contributed by atoms with E-state index in [4.69, 9.17) is 0 Å². The first-order valence-corrected chi connectivity index (χ1v) is 9.03. The molecule has 0 N–H and O–H groups in total. The number of carbonyl (C=O) groups is 1. The molecular weight excluding hydrogens is 312 g/mol. The van der Waals surface area contributed by atoms with Gasteiger partial charge in [-0.15, -0.1) is 0 Å². The average molecular weight is 338 g/mol. The van der Waals surface area contributed by atoms with Gasteiger partial charge in [0.1, 0.15) is 0 Å². The molecule has 2 aromatic rings. The third-order valence-corrected chi connectivity index (χ3v) is 5.20. The lowest BCUT2D eigenvalue weighted by molar-refractivity contribution is -0.132. The second-order valence-corrected chi connectivity index (χ2v) is 7.05. The molecule has 1 aliphatic rings. The summed E-state index contributed by atoms with van der Waals surface area (Å²) >= 11 is 0. The van der Waals surface area contributed by atoms with Crippen molar-refractivity contribution in [1.82, 2.24) is 9.47 Å². The summed E-state index contributed by atoms with van der Waals surface area (Å²) < 4.78 is 1.59. The van der Waals surface area contributed by atoms with E-state index in [2.05, 4.69) is 31.2 Å². The average Bonchev–Trinajstić information content (AvgIpc) is 2.63. The van der Waals surface area contributed by atoms with Crippen LogP contribution in [0.3, 0.4) is 0 Å². The molecule has 4 nitrogen and oxygen atoms in total. The monoisotopic (exact) mass is 338 g/mol. The molecule has 4 heteroatoms. The Hall–Kier alpha value is -2.36. The molecule has 0 bridgehead atoms. The van der Waals surface area contributed by atoms with Crippen molar-refractivity contribution >= 4 is 5.91 Å². The molecule has 1 amide bonds. The van der Waals surface area contributed by atoms with Crippen LogP contribution in [0.2, 0.25) is 0 Å². The van der Waals surface area contributed by atoms with Crippen LogP contribution in [-0.4, -0.2) is 28.5 Å². The zero-order valence-electron chi connectivity index (χ0n) is 15.1. The minimum atomic E-state index is 0.0362. The molecule has 132 valence electrons. The fourth-order valence-corrected chi connectivity index (χ4v) is 3.44. The molecule has 0 unspecified atom stereocenters. The Labute approximate surface area is 149 Å². The summed E-state index contributed by atoms with van der Waals surface area (Å²) in [5.41, 5.74) is 3.60. The second kappa shape index (κ2) is 7.68. The Bertz CT molecular complexity index is 784. The molecule has 1 aromatic carbocycles. The lowest BCUT2D eigenvalue weighted by Gasteiger charge is -2.32. The molecule has 0 spiro atoms. The number of carbonyl (C=O) groups excluding carboxylic acids is 1. The van der Waals surface area contributed by atoms with Gasteiger partial charge in [-0.3, -0.25) is 9.59 Å². The van der Waals surface area contributed by atoms with E-state index in [0.29, 0.717) is 12.3 Å². The number of pyridine rings is 1. The van der Waals surface area contributed by atoms with Gasteiger partial charge in [0.25, 0.3) is 5.56 Å². The van der Waals surface area contributed by atoms with Crippen molar-refractivity contribution in [2.75, 3.05) is 13.1 Å². The summed E-state index contributed by atoms with van der Waals surface area (Å²) in [4.78, 5) is 26.2. The van der Waals surface area contributed by atoms with Gasteiger partial charge in [0.15, 0.2) is 0 Å². The minimum Gasteiger partial charge on any atom is -0.343 e. The first kappa shape index (κ1) is 17.5. The van der Waals surface area contributed by atoms with E-state index in [9.17, 15) is 9.59 Å². The maximum absolute atomic E-state index is 12.5. The fraction of sp³-hybridized carbons (Fsp3) is 0.429. The molecule has 0 atom stereocenters. The van der Waals surface area contributed by atoms with E-state index >= 15 is 0 Å². The normalized spacial score (nSPS) is 15.4. The van der Waals surface area contributed by atoms with E-state index in [-0.39, 0.29) is 11.5 Å². The van der Waals surface area contributed by atoms with Gasteiger partial charge >= 0.3 is 0 Å². The van der Waals surface area contributed by atoms with Crippen LogP contribution >= 0.6 is 0 Å². The maximum Gasteiger partial charge on any atom is 0.250 e. The molecule has 1 aliphatic heterocycles. The molecule has 0 saturated carbocycles. The number of nitrogens with zero attached hydrogens (tertiary/aromatic N) is 2. The Balaban J connectivity index is 1.51. The van der Waals surface area contributed by atoms with Crippen molar-refractivity contribution in [3.63, 3.8) is 0 Å². The molecule has 1 aromatic heterocycles. The van der Waals surface area contributed by atoms with Crippen molar-refractivity contribution in [1.29, 1.82) is 0 Å². The van der Waals surface area contributed by atoms with Crippen LogP contribution in [-0.2, 0) is 18.3 Å². The van der Waals surface area contributed by atoms with Crippen molar-refractivity contribution in [3.8, 4) is 0 Å².